The van der Waals surface area contributed by atoms with Gasteiger partial charge < -0.3 is 15.0 Å². The quantitative estimate of drug-likeness (QED) is 0.825. The summed E-state index contributed by atoms with van der Waals surface area (Å²) in [7, 11) is 1.69. The van der Waals surface area contributed by atoms with E-state index in [4.69, 9.17) is 4.74 Å². The summed E-state index contributed by atoms with van der Waals surface area (Å²) < 4.78 is 5.28. The summed E-state index contributed by atoms with van der Waals surface area (Å²) in [6.45, 7) is 5.90. The Labute approximate surface area is 114 Å². The summed E-state index contributed by atoms with van der Waals surface area (Å²) in [4.78, 5) is 26.6. The number of nitrogens with zero attached hydrogens (tertiary/aromatic N) is 1. The Bertz CT molecular complexity index is 364. The number of nitrogens with one attached hydrogen (secondary N) is 1. The predicted octanol–water partition coefficient (Wildman–Crippen LogP) is 0.925. The Morgan fingerprint density at radius 2 is 2.00 bits per heavy atom. The number of amides is 2. The molecule has 2 atom stereocenters. The van der Waals surface area contributed by atoms with E-state index in [0.29, 0.717) is 6.42 Å². The first-order chi connectivity index (χ1) is 8.99. The predicted molar refractivity (Wildman–Crippen MR) is 71.5 cm³/mol. The van der Waals surface area contributed by atoms with E-state index < -0.39 is 0 Å². The number of rotatable bonds is 4. The van der Waals surface area contributed by atoms with Crippen molar-refractivity contribution in [3.8, 4) is 0 Å². The molecule has 1 aliphatic heterocycles. The van der Waals surface area contributed by atoms with Crippen molar-refractivity contribution < 1.29 is 14.3 Å². The minimum atomic E-state index is -0.357. The maximum absolute atomic E-state index is 12.5. The molecule has 0 aromatic heterocycles. The summed E-state index contributed by atoms with van der Waals surface area (Å²) in [6.07, 6.45) is 2.56. The number of carbonyl (C=O) groups excluding carboxylic acids is 2. The third-order valence-corrected chi connectivity index (χ3v) is 4.27. The normalized spacial score (nSPS) is 35.3. The smallest absolute Gasteiger partial charge is 0.246 e. The van der Waals surface area contributed by atoms with Gasteiger partial charge in [-0.05, 0) is 25.2 Å². The third kappa shape index (κ3) is 2.48. The van der Waals surface area contributed by atoms with Crippen LogP contribution >= 0.6 is 0 Å². The average Bonchev–Trinajstić information content (AvgIpc) is 2.30. The van der Waals surface area contributed by atoms with E-state index in [2.05, 4.69) is 5.32 Å². The van der Waals surface area contributed by atoms with Gasteiger partial charge in [0.05, 0.1) is 6.10 Å². The van der Waals surface area contributed by atoms with Crippen molar-refractivity contribution in [3.05, 3.63) is 0 Å². The van der Waals surface area contributed by atoms with Crippen molar-refractivity contribution in [2.24, 2.45) is 5.92 Å². The molecule has 2 aliphatic rings. The molecular weight excluding hydrogens is 244 g/mol. The summed E-state index contributed by atoms with van der Waals surface area (Å²) in [5.41, 5.74) is 0. The van der Waals surface area contributed by atoms with Gasteiger partial charge in [-0.2, -0.15) is 0 Å². The first-order valence-corrected chi connectivity index (χ1v) is 7.14. The van der Waals surface area contributed by atoms with Crippen LogP contribution in [0.15, 0.2) is 0 Å². The molecule has 0 spiro atoms. The van der Waals surface area contributed by atoms with Crippen molar-refractivity contribution in [3.63, 3.8) is 0 Å². The molecule has 2 rings (SSSR count). The highest BCUT2D eigenvalue weighted by molar-refractivity contribution is 5.97. The number of hydrogen-bond donors (Lipinski definition) is 1. The van der Waals surface area contributed by atoms with Crippen molar-refractivity contribution >= 4 is 11.8 Å². The second-order valence-corrected chi connectivity index (χ2v) is 5.89. The molecule has 0 aromatic carbocycles. The Kier molecular flexibility index (Phi) is 4.13. The van der Waals surface area contributed by atoms with Crippen molar-refractivity contribution in [2.45, 2.75) is 64.3 Å². The lowest BCUT2D eigenvalue weighted by Crippen LogP contribution is -2.69. The zero-order valence-electron chi connectivity index (χ0n) is 12.2. The standard InChI is InChI=1S/C14H24N2O3/c1-5-11-14(18)16(9-6-10(7-9)19-4)12(8(2)3)13(17)15-11/h8-12H,5-7H2,1-4H3,(H,15,17). The lowest BCUT2D eigenvalue weighted by Gasteiger charge is -2.49. The first kappa shape index (κ1) is 14.3. The molecule has 0 radical (unpaired) electrons. The van der Waals surface area contributed by atoms with Gasteiger partial charge >= 0.3 is 0 Å². The highest BCUT2D eigenvalue weighted by atomic mass is 16.5. The van der Waals surface area contributed by atoms with Crippen LogP contribution in [0.2, 0.25) is 0 Å². The molecule has 1 aliphatic carbocycles. The minimum Gasteiger partial charge on any atom is -0.381 e. The number of methoxy groups -OCH3 is 1. The lowest BCUT2D eigenvalue weighted by atomic mass is 9.83. The first-order valence-electron chi connectivity index (χ1n) is 7.14. The van der Waals surface area contributed by atoms with Gasteiger partial charge in [-0.3, -0.25) is 9.59 Å². The van der Waals surface area contributed by atoms with Gasteiger partial charge in [0, 0.05) is 13.2 Å². The molecule has 1 saturated heterocycles. The molecular formula is C14H24N2O3. The fourth-order valence-electron chi connectivity index (χ4n) is 3.03. The molecule has 0 bridgehead atoms. The van der Waals surface area contributed by atoms with Crippen molar-refractivity contribution in [1.82, 2.24) is 10.2 Å². The molecule has 2 unspecified atom stereocenters. The highest BCUT2D eigenvalue weighted by Gasteiger charge is 2.47. The zero-order chi connectivity index (χ0) is 14.2. The number of carbonyl (C=O) groups is 2. The molecule has 0 aromatic rings. The van der Waals surface area contributed by atoms with Crippen LogP contribution in [0.3, 0.4) is 0 Å². The molecule has 19 heavy (non-hydrogen) atoms. The largest absolute Gasteiger partial charge is 0.381 e. The Balaban J connectivity index is 2.18. The monoisotopic (exact) mass is 268 g/mol. The van der Waals surface area contributed by atoms with Crippen molar-refractivity contribution in [2.75, 3.05) is 7.11 Å². The molecule has 5 heteroatoms. The van der Waals surface area contributed by atoms with Gasteiger partial charge in [0.2, 0.25) is 11.8 Å². The molecule has 1 saturated carbocycles. The fraction of sp³-hybridized carbons (Fsp3) is 0.857. The van der Waals surface area contributed by atoms with Gasteiger partial charge in [-0.15, -0.1) is 0 Å². The minimum absolute atomic E-state index is 0.0117. The Morgan fingerprint density at radius 3 is 2.47 bits per heavy atom. The van der Waals surface area contributed by atoms with Crippen LogP contribution in [0.25, 0.3) is 0 Å². The molecule has 2 amide bonds. The van der Waals surface area contributed by atoms with Crippen LogP contribution in [0.4, 0.5) is 0 Å². The van der Waals surface area contributed by atoms with Crippen LogP contribution in [-0.2, 0) is 14.3 Å². The lowest BCUT2D eigenvalue weighted by molar-refractivity contribution is -0.160. The summed E-state index contributed by atoms with van der Waals surface area (Å²) in [5, 5.41) is 2.84. The summed E-state index contributed by atoms with van der Waals surface area (Å²) in [6, 6.07) is -0.535. The summed E-state index contributed by atoms with van der Waals surface area (Å²) in [5.74, 6) is 0.186. The topological polar surface area (TPSA) is 58.6 Å². The maximum atomic E-state index is 12.5. The Morgan fingerprint density at radius 1 is 1.37 bits per heavy atom. The van der Waals surface area contributed by atoms with E-state index in [-0.39, 0.29) is 42.0 Å². The molecule has 108 valence electrons. The molecule has 5 nitrogen and oxygen atoms in total. The molecule has 1 heterocycles. The van der Waals surface area contributed by atoms with Crippen LogP contribution in [0.5, 0.6) is 0 Å². The number of hydrogen-bond acceptors (Lipinski definition) is 3. The van der Waals surface area contributed by atoms with Gasteiger partial charge in [0.15, 0.2) is 0 Å². The Hall–Kier alpha value is -1.10. The summed E-state index contributed by atoms with van der Waals surface area (Å²) >= 11 is 0. The van der Waals surface area contributed by atoms with E-state index in [0.717, 1.165) is 12.8 Å². The number of piperazine rings is 1. The van der Waals surface area contributed by atoms with Gasteiger partial charge in [0.1, 0.15) is 12.1 Å². The van der Waals surface area contributed by atoms with Gasteiger partial charge in [0.25, 0.3) is 0 Å². The average molecular weight is 268 g/mol. The van der Waals surface area contributed by atoms with E-state index >= 15 is 0 Å². The molecule has 2 fully saturated rings. The maximum Gasteiger partial charge on any atom is 0.246 e. The third-order valence-electron chi connectivity index (χ3n) is 4.27. The molecule has 1 N–H and O–H groups in total. The van der Waals surface area contributed by atoms with Gasteiger partial charge in [-0.1, -0.05) is 20.8 Å². The van der Waals surface area contributed by atoms with Crippen molar-refractivity contribution in [1.29, 1.82) is 0 Å². The van der Waals surface area contributed by atoms with E-state index in [1.54, 1.807) is 7.11 Å². The van der Waals surface area contributed by atoms with Crippen LogP contribution in [0, 0.1) is 5.92 Å². The van der Waals surface area contributed by atoms with Crippen LogP contribution in [0.1, 0.15) is 40.0 Å². The van der Waals surface area contributed by atoms with E-state index in [1.165, 1.54) is 0 Å². The van der Waals surface area contributed by atoms with E-state index in [9.17, 15) is 9.59 Å². The van der Waals surface area contributed by atoms with Crippen LogP contribution in [-0.4, -0.2) is 48.1 Å². The van der Waals surface area contributed by atoms with E-state index in [1.807, 2.05) is 25.7 Å². The fourth-order valence-corrected chi connectivity index (χ4v) is 3.03. The van der Waals surface area contributed by atoms with Crippen LogP contribution < -0.4 is 5.32 Å². The second kappa shape index (κ2) is 5.49. The zero-order valence-corrected chi connectivity index (χ0v) is 12.2. The highest BCUT2D eigenvalue weighted by Crippen LogP contribution is 2.33. The SMILES string of the molecule is CCC1NC(=O)C(C(C)C)N(C2CC(OC)C2)C1=O. The second-order valence-electron chi connectivity index (χ2n) is 5.89. The number of ether oxygens (including phenoxy) is 1. The van der Waals surface area contributed by atoms with Gasteiger partial charge in [-0.25, -0.2) is 0 Å².